The van der Waals surface area contributed by atoms with E-state index in [0.717, 1.165) is 19.3 Å². The maximum absolute atomic E-state index is 11.0. The first-order chi connectivity index (χ1) is 8.60. The van der Waals surface area contributed by atoms with Gasteiger partial charge in [0, 0.05) is 6.08 Å². The van der Waals surface area contributed by atoms with Gasteiger partial charge in [0.2, 0.25) is 10.5 Å². The molecular formula is C12H22O5Si. The summed E-state index contributed by atoms with van der Waals surface area (Å²) >= 11 is 0. The molecule has 5 nitrogen and oxygen atoms in total. The molecule has 0 saturated heterocycles. The van der Waals surface area contributed by atoms with E-state index >= 15 is 0 Å². The minimum atomic E-state index is -0.311. The average Bonchev–Trinajstić information content (AvgIpc) is 2.35. The van der Waals surface area contributed by atoms with Crippen LogP contribution >= 0.6 is 0 Å². The summed E-state index contributed by atoms with van der Waals surface area (Å²) in [6.07, 6.45) is 5.56. The van der Waals surface area contributed by atoms with Crippen molar-refractivity contribution in [1.29, 1.82) is 0 Å². The molecule has 0 spiro atoms. The van der Waals surface area contributed by atoms with Gasteiger partial charge in [-0.3, -0.25) is 4.79 Å². The lowest BCUT2D eigenvalue weighted by Crippen LogP contribution is -2.17. The zero-order chi connectivity index (χ0) is 13.8. The summed E-state index contributed by atoms with van der Waals surface area (Å²) in [5.41, 5.74) is 0. The van der Waals surface area contributed by atoms with Crippen LogP contribution in [0.2, 0.25) is 0 Å². The molecule has 0 amide bonds. The molecule has 104 valence electrons. The molecular weight excluding hydrogens is 252 g/mol. The SMILES string of the molecule is CC=CC(=O)OCCCCC(C)OCC(=O)O[SiH3]. The van der Waals surface area contributed by atoms with Crippen molar-refractivity contribution in [2.24, 2.45) is 0 Å². The van der Waals surface area contributed by atoms with Gasteiger partial charge in [-0.15, -0.1) is 0 Å². The second kappa shape index (κ2) is 11.0. The highest BCUT2D eigenvalue weighted by molar-refractivity contribution is 6.05. The van der Waals surface area contributed by atoms with Crippen LogP contribution in [0, 0.1) is 0 Å². The van der Waals surface area contributed by atoms with Crippen LogP contribution in [0.1, 0.15) is 33.1 Å². The molecule has 0 aliphatic rings. The second-order valence-electron chi connectivity index (χ2n) is 3.86. The van der Waals surface area contributed by atoms with E-state index in [1.54, 1.807) is 13.0 Å². The van der Waals surface area contributed by atoms with Crippen LogP contribution < -0.4 is 0 Å². The standard InChI is InChI=1S/C12H22O5Si/c1-3-6-11(13)15-8-5-4-7-10(2)16-9-12(14)17-18/h3,6,10H,4-5,7-9H2,1-2,18H3. The Labute approximate surface area is 111 Å². The molecule has 0 N–H and O–H groups in total. The first kappa shape index (κ1) is 16.9. The zero-order valence-corrected chi connectivity index (χ0v) is 13.3. The topological polar surface area (TPSA) is 61.8 Å². The molecule has 0 radical (unpaired) electrons. The van der Waals surface area contributed by atoms with E-state index in [1.165, 1.54) is 6.08 Å². The summed E-state index contributed by atoms with van der Waals surface area (Å²) < 4.78 is 14.8. The van der Waals surface area contributed by atoms with Gasteiger partial charge in [-0.2, -0.15) is 0 Å². The smallest absolute Gasteiger partial charge is 0.330 e. The number of allylic oxidation sites excluding steroid dienone is 1. The van der Waals surface area contributed by atoms with Crippen molar-refractivity contribution in [3.05, 3.63) is 12.2 Å². The van der Waals surface area contributed by atoms with Crippen LogP contribution in [0.3, 0.4) is 0 Å². The Morgan fingerprint density at radius 1 is 1.33 bits per heavy atom. The minimum Gasteiger partial charge on any atom is -0.527 e. The van der Waals surface area contributed by atoms with E-state index in [-0.39, 0.29) is 24.6 Å². The first-order valence-corrected chi connectivity index (χ1v) is 6.89. The van der Waals surface area contributed by atoms with Crippen LogP contribution in [-0.2, 0) is 23.5 Å². The van der Waals surface area contributed by atoms with Crippen LogP contribution in [0.25, 0.3) is 0 Å². The molecule has 0 aromatic heterocycles. The van der Waals surface area contributed by atoms with Gasteiger partial charge in [0.15, 0.2) is 0 Å². The maximum atomic E-state index is 11.0. The summed E-state index contributed by atoms with van der Waals surface area (Å²) in [5, 5.41) is 0. The van der Waals surface area contributed by atoms with Gasteiger partial charge in [0.1, 0.15) is 6.61 Å². The molecule has 6 heteroatoms. The highest BCUT2D eigenvalue weighted by Crippen LogP contribution is 2.04. The fourth-order valence-electron chi connectivity index (χ4n) is 1.24. The van der Waals surface area contributed by atoms with E-state index in [4.69, 9.17) is 9.47 Å². The largest absolute Gasteiger partial charge is 0.527 e. The summed E-state index contributed by atoms with van der Waals surface area (Å²) in [7, 11) is 0.401. The summed E-state index contributed by atoms with van der Waals surface area (Å²) in [4.78, 5) is 21.8. The Hall–Kier alpha value is -1.14. The summed E-state index contributed by atoms with van der Waals surface area (Å²) in [5.74, 6) is -0.620. The molecule has 1 unspecified atom stereocenters. The third kappa shape index (κ3) is 10.0. The van der Waals surface area contributed by atoms with Gasteiger partial charge < -0.3 is 13.9 Å². The number of rotatable bonds is 9. The fourth-order valence-corrected chi connectivity index (χ4v) is 1.36. The molecule has 0 aliphatic carbocycles. The van der Waals surface area contributed by atoms with Crippen LogP contribution in [0.4, 0.5) is 0 Å². The highest BCUT2D eigenvalue weighted by Gasteiger charge is 2.06. The number of carbonyl (C=O) groups excluding carboxylic acids is 2. The Morgan fingerprint density at radius 2 is 2.06 bits per heavy atom. The van der Waals surface area contributed by atoms with Crippen LogP contribution in [-0.4, -0.2) is 41.7 Å². The third-order valence-corrected chi connectivity index (χ3v) is 2.72. The van der Waals surface area contributed by atoms with E-state index in [2.05, 4.69) is 4.43 Å². The number of ether oxygens (including phenoxy) is 2. The van der Waals surface area contributed by atoms with Gasteiger partial charge in [-0.25, -0.2) is 4.79 Å². The molecule has 0 aromatic rings. The van der Waals surface area contributed by atoms with Gasteiger partial charge in [0.05, 0.1) is 12.7 Å². The minimum absolute atomic E-state index is 0.0111. The second-order valence-corrected chi connectivity index (χ2v) is 4.27. The van der Waals surface area contributed by atoms with Crippen LogP contribution in [0.15, 0.2) is 12.2 Å². The molecule has 0 rings (SSSR count). The number of unbranched alkanes of at least 4 members (excludes halogenated alkanes) is 1. The number of hydrogen-bond acceptors (Lipinski definition) is 5. The molecule has 0 fully saturated rings. The van der Waals surface area contributed by atoms with Crippen molar-refractivity contribution in [3.8, 4) is 0 Å². The zero-order valence-electron chi connectivity index (χ0n) is 11.3. The Kier molecular flexibility index (Phi) is 10.3. The summed E-state index contributed by atoms with van der Waals surface area (Å²) in [6.45, 7) is 4.11. The lowest BCUT2D eigenvalue weighted by Gasteiger charge is -2.11. The van der Waals surface area contributed by atoms with Crippen molar-refractivity contribution in [2.45, 2.75) is 39.2 Å². The van der Waals surface area contributed by atoms with Crippen LogP contribution in [0.5, 0.6) is 0 Å². The predicted octanol–water partition coefficient (Wildman–Crippen LogP) is 0.505. The van der Waals surface area contributed by atoms with Gasteiger partial charge in [0.25, 0.3) is 0 Å². The number of esters is 1. The average molecular weight is 274 g/mol. The monoisotopic (exact) mass is 274 g/mol. The van der Waals surface area contributed by atoms with Crippen molar-refractivity contribution >= 4 is 22.4 Å². The van der Waals surface area contributed by atoms with E-state index < -0.39 is 0 Å². The number of carbonyl (C=O) groups is 2. The molecule has 0 saturated carbocycles. The lowest BCUT2D eigenvalue weighted by atomic mass is 10.2. The van der Waals surface area contributed by atoms with Crippen molar-refractivity contribution in [2.75, 3.05) is 13.2 Å². The quantitative estimate of drug-likeness (QED) is 0.265. The van der Waals surface area contributed by atoms with Crippen molar-refractivity contribution in [3.63, 3.8) is 0 Å². The fraction of sp³-hybridized carbons (Fsp3) is 0.667. The Bertz CT molecular complexity index is 278. The normalized spacial score (nSPS) is 12.6. The Balaban J connectivity index is 3.43. The van der Waals surface area contributed by atoms with E-state index in [0.29, 0.717) is 17.1 Å². The van der Waals surface area contributed by atoms with E-state index in [1.807, 2.05) is 6.92 Å². The van der Waals surface area contributed by atoms with Gasteiger partial charge in [-0.1, -0.05) is 6.08 Å². The van der Waals surface area contributed by atoms with Gasteiger partial charge in [-0.05, 0) is 33.1 Å². The molecule has 0 bridgehead atoms. The molecule has 1 atom stereocenters. The maximum Gasteiger partial charge on any atom is 0.330 e. The predicted molar refractivity (Wildman–Crippen MR) is 71.1 cm³/mol. The van der Waals surface area contributed by atoms with Gasteiger partial charge >= 0.3 is 11.9 Å². The molecule has 18 heavy (non-hydrogen) atoms. The third-order valence-electron chi connectivity index (χ3n) is 2.27. The number of hydrogen-bond donors (Lipinski definition) is 0. The Morgan fingerprint density at radius 3 is 2.67 bits per heavy atom. The first-order valence-electron chi connectivity index (χ1n) is 6.08. The molecule has 0 aromatic carbocycles. The highest BCUT2D eigenvalue weighted by atomic mass is 28.2. The molecule has 0 aliphatic heterocycles. The lowest BCUT2D eigenvalue weighted by molar-refractivity contribution is -0.141. The summed E-state index contributed by atoms with van der Waals surface area (Å²) in [6, 6.07) is 0. The van der Waals surface area contributed by atoms with E-state index in [9.17, 15) is 9.59 Å². The van der Waals surface area contributed by atoms with Crippen molar-refractivity contribution < 1.29 is 23.5 Å². The molecule has 0 heterocycles. The van der Waals surface area contributed by atoms with Crippen molar-refractivity contribution in [1.82, 2.24) is 0 Å².